The van der Waals surface area contributed by atoms with E-state index in [9.17, 15) is 29.7 Å². The van der Waals surface area contributed by atoms with Gasteiger partial charge in [-0.15, -0.1) is 0 Å². The third-order valence-corrected chi connectivity index (χ3v) is 8.73. The van der Waals surface area contributed by atoms with Crippen LogP contribution in [0.4, 0.5) is 0 Å². The number of fused-ring (bicyclic) bond motifs is 5. The molecule has 2 bridgehead atoms. The van der Waals surface area contributed by atoms with Crippen molar-refractivity contribution in [2.75, 3.05) is 6.61 Å². The topological polar surface area (TPSA) is 149 Å². The molecule has 10 heteroatoms. The largest absolute Gasteiger partial charge is 0.466 e. The first-order chi connectivity index (χ1) is 17.6. The number of ether oxygens (including phenoxy) is 4. The van der Waals surface area contributed by atoms with Crippen molar-refractivity contribution < 1.29 is 48.7 Å². The average Bonchev–Trinajstić information content (AvgIpc) is 3.23. The molecule has 0 radical (unpaired) electrons. The Hall–Kier alpha value is -2.01. The van der Waals surface area contributed by atoms with Crippen LogP contribution < -0.4 is 0 Å². The first-order valence-corrected chi connectivity index (χ1v) is 13.6. The Balaban J connectivity index is 2.15. The maximum absolute atomic E-state index is 12.8. The summed E-state index contributed by atoms with van der Waals surface area (Å²) in [6.07, 6.45) is -3.86. The Bertz CT molecular complexity index is 915. The molecule has 11 unspecified atom stereocenters. The van der Waals surface area contributed by atoms with Crippen LogP contribution in [0.5, 0.6) is 0 Å². The number of rotatable bonds is 7. The summed E-state index contributed by atoms with van der Waals surface area (Å²) in [6, 6.07) is 0. The zero-order valence-electron chi connectivity index (χ0n) is 23.3. The van der Waals surface area contributed by atoms with Gasteiger partial charge in [-0.1, -0.05) is 20.4 Å². The van der Waals surface area contributed by atoms with Gasteiger partial charge in [-0.05, 0) is 56.9 Å². The molecule has 3 N–H and O–H groups in total. The summed E-state index contributed by atoms with van der Waals surface area (Å²) in [5, 5.41) is 33.6. The maximum atomic E-state index is 12.8. The van der Waals surface area contributed by atoms with E-state index in [2.05, 4.69) is 6.58 Å². The minimum atomic E-state index is -1.93. The van der Waals surface area contributed by atoms with E-state index in [0.717, 1.165) is 0 Å². The van der Waals surface area contributed by atoms with Crippen LogP contribution in [0.25, 0.3) is 0 Å². The van der Waals surface area contributed by atoms with Gasteiger partial charge in [0, 0.05) is 32.1 Å². The molecule has 3 fully saturated rings. The van der Waals surface area contributed by atoms with E-state index in [1.807, 2.05) is 13.8 Å². The number of aliphatic hydroxyl groups is 3. The molecule has 2 saturated heterocycles. The third kappa shape index (κ3) is 5.93. The van der Waals surface area contributed by atoms with Crippen molar-refractivity contribution in [1.29, 1.82) is 0 Å². The third-order valence-electron chi connectivity index (χ3n) is 8.73. The molecule has 1 aliphatic carbocycles. The van der Waals surface area contributed by atoms with E-state index >= 15 is 0 Å². The first-order valence-electron chi connectivity index (χ1n) is 13.6. The van der Waals surface area contributed by atoms with E-state index in [1.54, 1.807) is 6.92 Å². The predicted octanol–water partition coefficient (Wildman–Crippen LogP) is 2.06. The number of hydrogen-bond donors (Lipinski definition) is 3. The van der Waals surface area contributed by atoms with Crippen molar-refractivity contribution in [2.24, 2.45) is 23.7 Å². The molecule has 1 saturated carbocycles. The molecular formula is C28H44O10. The smallest absolute Gasteiger partial charge is 0.306 e. The summed E-state index contributed by atoms with van der Waals surface area (Å²) < 4.78 is 23.6. The second-order valence-corrected chi connectivity index (χ2v) is 11.7. The molecule has 0 aromatic carbocycles. The lowest BCUT2D eigenvalue weighted by atomic mass is 9.59. The second-order valence-electron chi connectivity index (χ2n) is 11.7. The average molecular weight is 541 g/mol. The molecule has 2 aliphatic heterocycles. The van der Waals surface area contributed by atoms with Crippen molar-refractivity contribution in [3.63, 3.8) is 0 Å². The van der Waals surface area contributed by atoms with Crippen molar-refractivity contribution in [1.82, 2.24) is 0 Å². The summed E-state index contributed by atoms with van der Waals surface area (Å²) in [4.78, 5) is 36.3. The minimum Gasteiger partial charge on any atom is -0.466 e. The van der Waals surface area contributed by atoms with Gasteiger partial charge in [0.25, 0.3) is 0 Å². The van der Waals surface area contributed by atoms with Crippen LogP contribution in [0.1, 0.15) is 73.6 Å². The lowest BCUT2D eigenvalue weighted by molar-refractivity contribution is -0.191. The highest BCUT2D eigenvalue weighted by Gasteiger charge is 2.64. The predicted molar refractivity (Wildman–Crippen MR) is 136 cm³/mol. The van der Waals surface area contributed by atoms with Crippen molar-refractivity contribution in [3.05, 3.63) is 12.2 Å². The quantitative estimate of drug-likeness (QED) is 0.249. The summed E-state index contributed by atoms with van der Waals surface area (Å²) >= 11 is 0. The van der Waals surface area contributed by atoms with Crippen LogP contribution in [-0.2, 0) is 33.3 Å². The van der Waals surface area contributed by atoms with Crippen LogP contribution in [0.15, 0.2) is 12.2 Å². The number of hydrogen-bond acceptors (Lipinski definition) is 10. The lowest BCUT2D eigenvalue weighted by Gasteiger charge is -2.48. The number of carbonyl (C=O) groups excluding carboxylic acids is 3. The van der Waals surface area contributed by atoms with Crippen molar-refractivity contribution in [3.8, 4) is 0 Å². The van der Waals surface area contributed by atoms with Gasteiger partial charge in [0.1, 0.15) is 29.5 Å². The zero-order valence-corrected chi connectivity index (χ0v) is 23.3. The Kier molecular flexibility index (Phi) is 9.33. The lowest BCUT2D eigenvalue weighted by Crippen LogP contribution is -2.58. The van der Waals surface area contributed by atoms with Gasteiger partial charge >= 0.3 is 17.9 Å². The van der Waals surface area contributed by atoms with Crippen molar-refractivity contribution >= 4 is 17.9 Å². The fraction of sp³-hybridized carbons (Fsp3) is 0.821. The van der Waals surface area contributed by atoms with Gasteiger partial charge in [0.05, 0.1) is 18.8 Å². The minimum absolute atomic E-state index is 0.0641. The van der Waals surface area contributed by atoms with Crippen LogP contribution >= 0.6 is 0 Å². The first kappa shape index (κ1) is 30.5. The molecule has 0 aromatic heterocycles. The van der Waals surface area contributed by atoms with E-state index in [-0.39, 0.29) is 43.6 Å². The van der Waals surface area contributed by atoms with E-state index in [0.29, 0.717) is 18.4 Å². The highest BCUT2D eigenvalue weighted by atomic mass is 16.6. The molecule has 3 aliphatic rings. The summed E-state index contributed by atoms with van der Waals surface area (Å²) in [7, 11) is 0. The maximum Gasteiger partial charge on any atom is 0.306 e. The van der Waals surface area contributed by atoms with E-state index < -0.39 is 65.5 Å². The molecule has 38 heavy (non-hydrogen) atoms. The number of carbonyl (C=O) groups is 3. The molecule has 10 nitrogen and oxygen atoms in total. The normalized spacial score (nSPS) is 41.7. The van der Waals surface area contributed by atoms with Crippen LogP contribution in [0, 0.1) is 23.7 Å². The monoisotopic (exact) mass is 540 g/mol. The zero-order chi connectivity index (χ0) is 28.6. The summed E-state index contributed by atoms with van der Waals surface area (Å²) in [5.41, 5.74) is -2.60. The van der Waals surface area contributed by atoms with Crippen LogP contribution in [0.2, 0.25) is 0 Å². The molecule has 0 aromatic rings. The van der Waals surface area contributed by atoms with E-state index in [4.69, 9.17) is 18.9 Å². The van der Waals surface area contributed by atoms with Crippen LogP contribution in [0.3, 0.4) is 0 Å². The highest BCUT2D eigenvalue weighted by molar-refractivity contribution is 5.70. The summed E-state index contributed by atoms with van der Waals surface area (Å²) in [5.74, 6) is -2.73. The molecule has 216 valence electrons. The van der Waals surface area contributed by atoms with Crippen LogP contribution in [-0.4, -0.2) is 81.6 Å². The SMILES string of the molecule is C=C1C(OC(C)=O)CC(C(C)COC(C)=O)C2C1C1OC2C(C)(OC(=O)CCC)CCC(O)C(C)(O)C1O. The van der Waals surface area contributed by atoms with Gasteiger partial charge in [0.2, 0.25) is 0 Å². The Morgan fingerprint density at radius 3 is 2.42 bits per heavy atom. The molecule has 2 heterocycles. The van der Waals surface area contributed by atoms with Gasteiger partial charge in [0.15, 0.2) is 0 Å². The molecular weight excluding hydrogens is 496 g/mol. The molecule has 0 amide bonds. The Morgan fingerprint density at radius 1 is 1.18 bits per heavy atom. The van der Waals surface area contributed by atoms with Gasteiger partial charge in [-0.2, -0.15) is 0 Å². The van der Waals surface area contributed by atoms with Gasteiger partial charge in [-0.25, -0.2) is 0 Å². The molecule has 11 atom stereocenters. The van der Waals surface area contributed by atoms with Crippen molar-refractivity contribution in [2.45, 2.75) is 115 Å². The Morgan fingerprint density at radius 2 is 1.84 bits per heavy atom. The van der Waals surface area contributed by atoms with E-state index in [1.165, 1.54) is 20.8 Å². The Labute approximate surface area is 224 Å². The molecule has 3 rings (SSSR count). The van der Waals surface area contributed by atoms with Gasteiger partial charge < -0.3 is 34.3 Å². The highest BCUT2D eigenvalue weighted by Crippen LogP contribution is 2.56. The second kappa shape index (κ2) is 11.6. The fourth-order valence-electron chi connectivity index (χ4n) is 6.61. The summed E-state index contributed by atoms with van der Waals surface area (Å²) in [6.45, 7) is 13.9. The standard InChI is InChI=1S/C28H44O10/c1-8-9-21(32)38-27(6)11-10-20(31)28(7,34)25(33)24-22-15(3)19(36-17(5)30)12-18(23(22)26(27)37-24)14(2)13-35-16(4)29/h14,18-20,22-26,31,33-34H,3,8-13H2,1-2,4-7H3. The fourth-order valence-corrected chi connectivity index (χ4v) is 6.61. The van der Waals surface area contributed by atoms with Gasteiger partial charge in [-0.3, -0.25) is 14.4 Å². The number of aliphatic hydroxyl groups excluding tert-OH is 2. The number of esters is 3. The molecule has 0 spiro atoms.